The van der Waals surface area contributed by atoms with Crippen LogP contribution < -0.4 is 5.73 Å². The van der Waals surface area contributed by atoms with Gasteiger partial charge in [0.25, 0.3) is 6.01 Å². The minimum atomic E-state index is -4.18. The molecule has 0 fully saturated rings. The molecule has 4 rings (SSSR count). The van der Waals surface area contributed by atoms with Gasteiger partial charge in [-0.25, -0.2) is 12.4 Å². The molecular formula is C22H20ClN3O5S. The fourth-order valence-corrected chi connectivity index (χ4v) is 5.95. The second kappa shape index (κ2) is 7.99. The topological polar surface area (TPSA) is 128 Å². The first-order chi connectivity index (χ1) is 15.2. The van der Waals surface area contributed by atoms with Gasteiger partial charge in [0.15, 0.2) is 5.58 Å². The molecular weight excluding hydrogens is 454 g/mol. The summed E-state index contributed by atoms with van der Waals surface area (Å²) in [7, 11) is -4.18. The number of rotatable bonds is 7. The average Bonchev–Trinajstić information content (AvgIpc) is 3.27. The van der Waals surface area contributed by atoms with Crippen molar-refractivity contribution >= 4 is 55.6 Å². The first-order valence-corrected chi connectivity index (χ1v) is 11.6. The van der Waals surface area contributed by atoms with Gasteiger partial charge in [-0.1, -0.05) is 30.7 Å². The average molecular weight is 474 g/mol. The SMILES string of the molecule is C=CC(c1ccc2nc(N)oc2c1)S(=O)(=O)n1c(C(CC)C(=O)O)cc2cc(Cl)ccc21. The van der Waals surface area contributed by atoms with E-state index in [-0.39, 0.29) is 18.1 Å². The maximum absolute atomic E-state index is 13.9. The van der Waals surface area contributed by atoms with E-state index in [0.29, 0.717) is 32.6 Å². The van der Waals surface area contributed by atoms with Gasteiger partial charge >= 0.3 is 5.97 Å². The molecule has 0 amide bonds. The van der Waals surface area contributed by atoms with Gasteiger partial charge in [0.05, 0.1) is 11.4 Å². The van der Waals surface area contributed by atoms with Crippen molar-refractivity contribution in [2.24, 2.45) is 0 Å². The van der Waals surface area contributed by atoms with Crippen molar-refractivity contribution in [3.8, 4) is 0 Å². The predicted molar refractivity (Wildman–Crippen MR) is 123 cm³/mol. The first-order valence-electron chi connectivity index (χ1n) is 9.74. The number of carboxylic acids is 1. The molecule has 2 aromatic heterocycles. The van der Waals surface area contributed by atoms with Gasteiger partial charge in [-0.3, -0.25) is 4.79 Å². The summed E-state index contributed by atoms with van der Waals surface area (Å²) in [6, 6.07) is 11.0. The number of aromatic nitrogens is 2. The van der Waals surface area contributed by atoms with Gasteiger partial charge in [0.1, 0.15) is 10.8 Å². The molecule has 166 valence electrons. The summed E-state index contributed by atoms with van der Waals surface area (Å²) in [5, 5.41) is 9.50. The quantitative estimate of drug-likeness (QED) is 0.372. The Kier molecular flexibility index (Phi) is 5.47. The number of hydrogen-bond donors (Lipinski definition) is 2. The zero-order chi connectivity index (χ0) is 23.2. The molecule has 2 atom stereocenters. The third kappa shape index (κ3) is 3.53. The van der Waals surface area contributed by atoms with Crippen molar-refractivity contribution in [2.45, 2.75) is 24.5 Å². The molecule has 2 aromatic carbocycles. The number of nitrogen functional groups attached to an aromatic ring is 1. The lowest BCUT2D eigenvalue weighted by molar-refractivity contribution is -0.138. The lowest BCUT2D eigenvalue weighted by Crippen LogP contribution is -2.25. The molecule has 0 radical (unpaired) electrons. The van der Waals surface area contributed by atoms with Gasteiger partial charge in [-0.05, 0) is 48.4 Å². The van der Waals surface area contributed by atoms with Crippen LogP contribution in [0.3, 0.4) is 0 Å². The number of aliphatic carboxylic acids is 1. The molecule has 0 aliphatic carbocycles. The summed E-state index contributed by atoms with van der Waals surface area (Å²) >= 11 is 6.10. The van der Waals surface area contributed by atoms with Crippen LogP contribution in [0.5, 0.6) is 0 Å². The molecule has 10 heteroatoms. The number of halogens is 1. The van der Waals surface area contributed by atoms with Gasteiger partial charge in [0.2, 0.25) is 10.0 Å². The van der Waals surface area contributed by atoms with Crippen LogP contribution in [0.1, 0.15) is 35.8 Å². The molecule has 0 aliphatic heterocycles. The molecule has 0 aliphatic rings. The standard InChI is InChI=1S/C22H20ClN3O5S/c1-3-15(21(27)28)18-10-13-9-14(23)6-8-17(13)26(18)32(29,30)20(4-2)12-5-7-16-19(11-12)31-22(24)25-16/h4-11,15,20H,2-3H2,1H3,(H2,24,25)(H,27,28). The number of carbonyl (C=O) groups is 1. The van der Waals surface area contributed by atoms with Crippen molar-refractivity contribution in [2.75, 3.05) is 5.73 Å². The van der Waals surface area contributed by atoms with Crippen molar-refractivity contribution in [1.29, 1.82) is 0 Å². The zero-order valence-electron chi connectivity index (χ0n) is 17.0. The second-order valence-corrected chi connectivity index (χ2v) is 9.66. The summed E-state index contributed by atoms with van der Waals surface area (Å²) in [6.07, 6.45) is 1.50. The number of anilines is 1. The Balaban J connectivity index is 1.97. The van der Waals surface area contributed by atoms with E-state index in [1.807, 2.05) is 0 Å². The highest BCUT2D eigenvalue weighted by Gasteiger charge is 2.34. The van der Waals surface area contributed by atoms with E-state index in [2.05, 4.69) is 11.6 Å². The van der Waals surface area contributed by atoms with Gasteiger partial charge in [0, 0.05) is 16.1 Å². The van der Waals surface area contributed by atoms with E-state index >= 15 is 0 Å². The van der Waals surface area contributed by atoms with Crippen LogP contribution in [0.25, 0.3) is 22.0 Å². The number of nitrogens with zero attached hydrogens (tertiary/aromatic N) is 2. The van der Waals surface area contributed by atoms with E-state index in [1.54, 1.807) is 49.4 Å². The van der Waals surface area contributed by atoms with Crippen LogP contribution in [0.4, 0.5) is 6.01 Å². The lowest BCUT2D eigenvalue weighted by atomic mass is 10.0. The van der Waals surface area contributed by atoms with Crippen molar-refractivity contribution in [1.82, 2.24) is 8.96 Å². The van der Waals surface area contributed by atoms with Crippen molar-refractivity contribution in [3.05, 3.63) is 71.4 Å². The summed E-state index contributed by atoms with van der Waals surface area (Å²) in [5.74, 6) is -2.15. The predicted octanol–water partition coefficient (Wildman–Crippen LogP) is 4.70. The smallest absolute Gasteiger partial charge is 0.312 e. The van der Waals surface area contributed by atoms with Crippen LogP contribution in [0, 0.1) is 0 Å². The number of oxazole rings is 1. The van der Waals surface area contributed by atoms with Crippen LogP contribution in [-0.2, 0) is 14.8 Å². The Morgan fingerprint density at radius 1 is 1.31 bits per heavy atom. The largest absolute Gasteiger partial charge is 0.481 e. The normalized spacial score (nSPS) is 13.9. The highest BCUT2D eigenvalue weighted by atomic mass is 35.5. The molecule has 3 N–H and O–H groups in total. The monoisotopic (exact) mass is 473 g/mol. The molecule has 0 saturated heterocycles. The molecule has 4 aromatic rings. The molecule has 0 saturated carbocycles. The second-order valence-electron chi connectivity index (χ2n) is 7.32. The Hall–Kier alpha value is -3.30. The highest BCUT2D eigenvalue weighted by molar-refractivity contribution is 7.90. The van der Waals surface area contributed by atoms with E-state index in [1.165, 1.54) is 6.08 Å². The van der Waals surface area contributed by atoms with Crippen molar-refractivity contribution < 1.29 is 22.7 Å². The fraction of sp³-hybridized carbons (Fsp3) is 0.182. The minimum Gasteiger partial charge on any atom is -0.481 e. The van der Waals surface area contributed by atoms with Crippen molar-refractivity contribution in [3.63, 3.8) is 0 Å². The van der Waals surface area contributed by atoms with Crippen LogP contribution >= 0.6 is 11.6 Å². The van der Waals surface area contributed by atoms with E-state index in [9.17, 15) is 18.3 Å². The minimum absolute atomic E-state index is 0.0297. The molecule has 0 spiro atoms. The van der Waals surface area contributed by atoms with Crippen LogP contribution in [-0.4, -0.2) is 28.5 Å². The Morgan fingerprint density at radius 3 is 2.72 bits per heavy atom. The summed E-state index contributed by atoms with van der Waals surface area (Å²) in [6.45, 7) is 5.41. The van der Waals surface area contributed by atoms with E-state index in [0.717, 1.165) is 3.97 Å². The lowest BCUT2D eigenvalue weighted by Gasteiger charge is -2.20. The van der Waals surface area contributed by atoms with E-state index < -0.39 is 27.2 Å². The molecule has 32 heavy (non-hydrogen) atoms. The van der Waals surface area contributed by atoms with Gasteiger partial charge in [-0.15, -0.1) is 6.58 Å². The molecule has 0 bridgehead atoms. The Labute approximate surface area is 189 Å². The fourth-order valence-electron chi connectivity index (χ4n) is 3.90. The Morgan fingerprint density at radius 2 is 2.06 bits per heavy atom. The zero-order valence-corrected chi connectivity index (χ0v) is 18.6. The highest BCUT2D eigenvalue weighted by Crippen LogP contribution is 2.36. The molecule has 8 nitrogen and oxygen atoms in total. The molecule has 2 heterocycles. The first kappa shape index (κ1) is 21.9. The maximum atomic E-state index is 13.9. The Bertz CT molecular complexity index is 1470. The van der Waals surface area contributed by atoms with Crippen LogP contribution in [0.15, 0.2) is 59.5 Å². The maximum Gasteiger partial charge on any atom is 0.312 e. The number of carboxylic acid groups (broad SMARTS) is 1. The third-order valence-electron chi connectivity index (χ3n) is 5.36. The summed E-state index contributed by atoms with van der Waals surface area (Å²) in [5.41, 5.74) is 7.29. The van der Waals surface area contributed by atoms with E-state index in [4.69, 9.17) is 21.8 Å². The summed E-state index contributed by atoms with van der Waals surface area (Å²) in [4.78, 5) is 15.9. The third-order valence-corrected chi connectivity index (χ3v) is 7.61. The number of nitrogens with two attached hydrogens (primary N) is 1. The van der Waals surface area contributed by atoms with Gasteiger partial charge in [-0.2, -0.15) is 4.98 Å². The van der Waals surface area contributed by atoms with Crippen LogP contribution in [0.2, 0.25) is 5.02 Å². The summed E-state index contributed by atoms with van der Waals surface area (Å²) < 4.78 is 34.3. The number of benzene rings is 2. The number of hydrogen-bond acceptors (Lipinski definition) is 6. The molecule has 2 unspecified atom stereocenters. The number of fused-ring (bicyclic) bond motifs is 2. The van der Waals surface area contributed by atoms with Gasteiger partial charge < -0.3 is 15.3 Å².